The molecule has 3 aromatic heterocycles. The monoisotopic (exact) mass is 549 g/mol. The average Bonchev–Trinajstić information content (AvgIpc) is 3.73. The number of benzene rings is 2. The van der Waals surface area contributed by atoms with Crippen LogP contribution in [0, 0.1) is 12.7 Å². The van der Waals surface area contributed by atoms with Crippen molar-refractivity contribution in [1.29, 1.82) is 0 Å². The summed E-state index contributed by atoms with van der Waals surface area (Å²) < 4.78 is 22.2. The van der Waals surface area contributed by atoms with Crippen molar-refractivity contribution >= 4 is 16.8 Å². The van der Waals surface area contributed by atoms with Crippen molar-refractivity contribution in [3.8, 4) is 11.5 Å². The van der Waals surface area contributed by atoms with Gasteiger partial charge in [-0.05, 0) is 60.7 Å². The first-order valence-corrected chi connectivity index (χ1v) is 14.0. The Balaban J connectivity index is 1.45. The third kappa shape index (κ3) is 5.42. The topological polar surface area (TPSA) is 85.8 Å². The number of hydrogen-bond donors (Lipinski definition) is 1. The molecule has 0 atom stereocenters. The number of carbonyl (C=O) groups excluding carboxylic acids is 1. The van der Waals surface area contributed by atoms with Crippen LogP contribution in [0.15, 0.2) is 77.9 Å². The Morgan fingerprint density at radius 1 is 1.15 bits per heavy atom. The summed E-state index contributed by atoms with van der Waals surface area (Å²) in [6, 6.07) is 16.8. The Hall–Kier alpha value is -4.59. The molecule has 1 aliphatic carbocycles. The maximum atomic E-state index is 14.2. The van der Waals surface area contributed by atoms with E-state index in [1.807, 2.05) is 36.4 Å². The quantitative estimate of drug-likeness (QED) is 0.202. The number of rotatable bonds is 9. The molecule has 208 valence electrons. The highest BCUT2D eigenvalue weighted by atomic mass is 19.1. The van der Waals surface area contributed by atoms with E-state index in [2.05, 4.69) is 31.6 Å². The molecule has 1 aliphatic rings. The molecule has 0 unspecified atom stereocenters. The molecule has 3 heterocycles. The fourth-order valence-electron chi connectivity index (χ4n) is 5.92. The highest BCUT2D eigenvalue weighted by Crippen LogP contribution is 2.41. The maximum absolute atomic E-state index is 14.2. The first-order valence-electron chi connectivity index (χ1n) is 14.0. The van der Waals surface area contributed by atoms with Gasteiger partial charge in [-0.25, -0.2) is 4.39 Å². The maximum Gasteiger partial charge on any atom is 0.254 e. The summed E-state index contributed by atoms with van der Waals surface area (Å²) in [4.78, 5) is 18.6. The van der Waals surface area contributed by atoms with E-state index in [0.29, 0.717) is 42.4 Å². The van der Waals surface area contributed by atoms with E-state index in [-0.39, 0.29) is 17.6 Å². The van der Waals surface area contributed by atoms with Crippen LogP contribution < -0.4 is 5.32 Å². The summed E-state index contributed by atoms with van der Waals surface area (Å²) >= 11 is 0. The van der Waals surface area contributed by atoms with Gasteiger partial charge in [0.15, 0.2) is 0 Å². The molecule has 5 aromatic rings. The van der Waals surface area contributed by atoms with E-state index < -0.39 is 0 Å². The largest absolute Gasteiger partial charge is 0.421 e. The highest BCUT2D eigenvalue weighted by Gasteiger charge is 2.30. The van der Waals surface area contributed by atoms with Crippen LogP contribution in [-0.4, -0.2) is 25.7 Å². The number of hydrogen-bond acceptors (Lipinski definition) is 5. The van der Waals surface area contributed by atoms with Crippen LogP contribution >= 0.6 is 0 Å². The number of fused-ring (bicyclic) bond motifs is 1. The van der Waals surface area contributed by atoms with Crippen molar-refractivity contribution in [3.05, 3.63) is 113 Å². The second kappa shape index (κ2) is 11.5. The molecule has 0 aliphatic heterocycles. The first kappa shape index (κ1) is 26.6. The number of nitrogens with zero attached hydrogens (tertiary/aromatic N) is 4. The van der Waals surface area contributed by atoms with E-state index in [1.165, 1.54) is 6.07 Å². The number of aromatic nitrogens is 4. The van der Waals surface area contributed by atoms with Crippen molar-refractivity contribution in [1.82, 2.24) is 25.1 Å². The lowest BCUT2D eigenvalue weighted by Gasteiger charge is -2.18. The molecule has 0 radical (unpaired) electrons. The molecule has 1 fully saturated rings. The van der Waals surface area contributed by atoms with Gasteiger partial charge >= 0.3 is 0 Å². The van der Waals surface area contributed by atoms with Crippen LogP contribution in [0.1, 0.15) is 70.4 Å². The molecule has 7 nitrogen and oxygen atoms in total. The second-order valence-corrected chi connectivity index (χ2v) is 10.6. The lowest BCUT2D eigenvalue weighted by atomic mass is 9.97. The third-order valence-electron chi connectivity index (χ3n) is 7.82. The van der Waals surface area contributed by atoms with Gasteiger partial charge in [0.05, 0.1) is 23.3 Å². The van der Waals surface area contributed by atoms with Gasteiger partial charge in [-0.15, -0.1) is 16.8 Å². The van der Waals surface area contributed by atoms with Crippen molar-refractivity contribution in [2.24, 2.45) is 0 Å². The van der Waals surface area contributed by atoms with Gasteiger partial charge in [0.25, 0.3) is 5.91 Å². The summed E-state index contributed by atoms with van der Waals surface area (Å²) in [5.41, 5.74) is 5.75. The van der Waals surface area contributed by atoms with Gasteiger partial charge in [0.1, 0.15) is 5.82 Å². The average molecular weight is 550 g/mol. The Kier molecular flexibility index (Phi) is 7.46. The van der Waals surface area contributed by atoms with Crippen molar-refractivity contribution < 1.29 is 13.6 Å². The lowest BCUT2D eigenvalue weighted by Crippen LogP contribution is -2.25. The van der Waals surface area contributed by atoms with Gasteiger partial charge in [0.2, 0.25) is 11.8 Å². The van der Waals surface area contributed by atoms with Crippen LogP contribution in [0.3, 0.4) is 0 Å². The van der Waals surface area contributed by atoms with Gasteiger partial charge in [-0.3, -0.25) is 9.78 Å². The van der Waals surface area contributed by atoms with E-state index in [9.17, 15) is 9.18 Å². The molecule has 1 amide bonds. The lowest BCUT2D eigenvalue weighted by molar-refractivity contribution is 0.0950. The smallest absolute Gasteiger partial charge is 0.254 e. The van der Waals surface area contributed by atoms with E-state index in [4.69, 9.17) is 4.42 Å². The number of carbonyl (C=O) groups is 1. The summed E-state index contributed by atoms with van der Waals surface area (Å²) in [5, 5.41) is 12.2. The third-order valence-corrected chi connectivity index (χ3v) is 7.82. The van der Waals surface area contributed by atoms with Gasteiger partial charge in [0, 0.05) is 42.2 Å². The summed E-state index contributed by atoms with van der Waals surface area (Å²) in [6.45, 7) is 6.31. The molecule has 6 rings (SSSR count). The number of amides is 1. The van der Waals surface area contributed by atoms with Crippen LogP contribution in [0.4, 0.5) is 4.39 Å². The van der Waals surface area contributed by atoms with Gasteiger partial charge in [-0.2, -0.15) is 0 Å². The van der Waals surface area contributed by atoms with Crippen LogP contribution in [0.5, 0.6) is 0 Å². The molecule has 8 heteroatoms. The normalized spacial score (nSPS) is 13.6. The number of allylic oxidation sites excluding steroid dienone is 1. The number of pyridine rings is 1. The Morgan fingerprint density at radius 2 is 2.00 bits per heavy atom. The van der Waals surface area contributed by atoms with E-state index in [0.717, 1.165) is 59.1 Å². The molecule has 2 aromatic carbocycles. The van der Waals surface area contributed by atoms with Crippen molar-refractivity contribution in [2.45, 2.75) is 58.0 Å². The van der Waals surface area contributed by atoms with Crippen molar-refractivity contribution in [2.75, 3.05) is 0 Å². The molecule has 0 spiro atoms. The number of halogens is 1. The van der Waals surface area contributed by atoms with Crippen molar-refractivity contribution in [3.63, 3.8) is 0 Å². The fourth-order valence-corrected chi connectivity index (χ4v) is 5.92. The SMILES string of the molecule is C=CCc1cc(CNC(=O)c2c(C3CCCC3)n(Cc3ccccn3)c3cc(-c4nnc(C)o4)ccc23)ccc1F. The van der Waals surface area contributed by atoms with E-state index >= 15 is 0 Å². The first-order chi connectivity index (χ1) is 20.0. The molecule has 1 N–H and O–H groups in total. The Labute approximate surface area is 238 Å². The minimum atomic E-state index is -0.270. The standard InChI is InChI=1S/C33H32FN5O2/c1-3-8-24-17-22(12-15-28(24)34)19-36-32(40)30-27-14-13-25(33-38-37-21(2)41-33)18-29(27)39(20-26-11-6-7-16-35-26)31(30)23-9-4-5-10-23/h3,6-7,11-18,23H,1,4-5,8-10,19-20H2,2H3,(H,36,40). The fraction of sp³-hybridized carbons (Fsp3) is 0.273. The van der Waals surface area contributed by atoms with Gasteiger partial charge in [-0.1, -0.05) is 43.2 Å². The highest BCUT2D eigenvalue weighted by molar-refractivity contribution is 6.09. The molecule has 0 saturated heterocycles. The molecule has 0 bridgehead atoms. The predicted octanol–water partition coefficient (Wildman–Crippen LogP) is 6.90. The summed E-state index contributed by atoms with van der Waals surface area (Å²) in [6.07, 6.45) is 8.21. The molecule has 41 heavy (non-hydrogen) atoms. The molecular formula is C33H32FN5O2. The summed E-state index contributed by atoms with van der Waals surface area (Å²) in [5.74, 6) is 0.773. The minimum absolute atomic E-state index is 0.146. The van der Waals surface area contributed by atoms with Crippen LogP contribution in [-0.2, 0) is 19.5 Å². The Bertz CT molecular complexity index is 1720. The second-order valence-electron chi connectivity index (χ2n) is 10.6. The minimum Gasteiger partial charge on any atom is -0.421 e. The van der Waals surface area contributed by atoms with Crippen LogP contribution in [0.25, 0.3) is 22.4 Å². The summed E-state index contributed by atoms with van der Waals surface area (Å²) in [7, 11) is 0. The zero-order valence-electron chi connectivity index (χ0n) is 23.1. The van der Waals surface area contributed by atoms with Crippen LogP contribution in [0.2, 0.25) is 0 Å². The zero-order valence-corrected chi connectivity index (χ0v) is 23.1. The van der Waals surface area contributed by atoms with E-state index in [1.54, 1.807) is 31.3 Å². The molecular weight excluding hydrogens is 517 g/mol. The predicted molar refractivity (Wildman–Crippen MR) is 156 cm³/mol. The Morgan fingerprint density at radius 3 is 2.73 bits per heavy atom. The van der Waals surface area contributed by atoms with Gasteiger partial charge < -0.3 is 14.3 Å². The number of nitrogens with one attached hydrogen (secondary N) is 1. The zero-order chi connectivity index (χ0) is 28.3. The molecule has 1 saturated carbocycles. The number of aryl methyl sites for hydroxylation is 1.